The molecule has 0 saturated carbocycles. The Labute approximate surface area is 115 Å². The Hall–Kier alpha value is -1.62. The summed E-state index contributed by atoms with van der Waals surface area (Å²) in [6.07, 6.45) is 3.58. The minimum absolute atomic E-state index is 0.622. The molecule has 4 nitrogen and oxygen atoms in total. The van der Waals surface area contributed by atoms with Crippen molar-refractivity contribution in [3.05, 3.63) is 46.2 Å². The maximum Gasteiger partial charge on any atom is 0.212 e. The van der Waals surface area contributed by atoms with E-state index in [1.165, 1.54) is 0 Å². The average Bonchev–Trinajstić information content (AvgIpc) is 2.41. The second-order valence-corrected chi connectivity index (χ2v) is 4.74. The Bertz CT molecular complexity index is 528. The molecule has 2 rings (SSSR count). The van der Waals surface area contributed by atoms with Gasteiger partial charge in [0.15, 0.2) is 0 Å². The molecule has 0 bridgehead atoms. The van der Waals surface area contributed by atoms with Crippen molar-refractivity contribution in [3.8, 4) is 5.88 Å². The third kappa shape index (κ3) is 3.20. The Morgan fingerprint density at radius 2 is 2.11 bits per heavy atom. The summed E-state index contributed by atoms with van der Waals surface area (Å²) < 4.78 is 6.02. The third-order valence-electron chi connectivity index (χ3n) is 2.53. The second kappa shape index (κ2) is 5.82. The van der Waals surface area contributed by atoms with E-state index in [1.807, 2.05) is 25.1 Å². The lowest BCUT2D eigenvalue weighted by atomic mass is 10.2. The molecule has 0 fully saturated rings. The van der Waals surface area contributed by atoms with Crippen molar-refractivity contribution in [2.24, 2.45) is 0 Å². The minimum Gasteiger partial charge on any atom is -0.481 e. The lowest BCUT2D eigenvalue weighted by molar-refractivity contribution is 0.397. The third-order valence-corrected chi connectivity index (χ3v) is 3.36. The van der Waals surface area contributed by atoms with Gasteiger partial charge in [-0.15, -0.1) is 0 Å². The summed E-state index contributed by atoms with van der Waals surface area (Å²) in [5.41, 5.74) is 2.23. The molecule has 2 aromatic rings. The molecule has 0 saturated heterocycles. The predicted molar refractivity (Wildman–Crippen MR) is 74.8 cm³/mol. The SMILES string of the molecule is COc1ccc(CNc2cc(C)c(Br)cn2)cn1. The quantitative estimate of drug-likeness (QED) is 0.942. The van der Waals surface area contributed by atoms with Gasteiger partial charge in [0.05, 0.1) is 7.11 Å². The number of anilines is 1. The van der Waals surface area contributed by atoms with E-state index in [0.29, 0.717) is 12.4 Å². The van der Waals surface area contributed by atoms with Gasteiger partial charge in [0.1, 0.15) is 5.82 Å². The van der Waals surface area contributed by atoms with E-state index in [9.17, 15) is 0 Å². The van der Waals surface area contributed by atoms with Crippen LogP contribution in [0.2, 0.25) is 0 Å². The van der Waals surface area contributed by atoms with Crippen LogP contribution in [0.5, 0.6) is 5.88 Å². The maximum absolute atomic E-state index is 5.01. The van der Waals surface area contributed by atoms with E-state index in [2.05, 4.69) is 31.2 Å². The van der Waals surface area contributed by atoms with Crippen molar-refractivity contribution in [3.63, 3.8) is 0 Å². The van der Waals surface area contributed by atoms with Gasteiger partial charge in [0.2, 0.25) is 5.88 Å². The van der Waals surface area contributed by atoms with Crippen molar-refractivity contribution in [2.45, 2.75) is 13.5 Å². The standard InChI is InChI=1S/C13H14BrN3O/c1-9-5-12(16-8-11(9)14)15-6-10-3-4-13(18-2)17-7-10/h3-5,7-8H,6H2,1-2H3,(H,15,16). The zero-order chi connectivity index (χ0) is 13.0. The molecule has 0 aliphatic heterocycles. The van der Waals surface area contributed by atoms with Gasteiger partial charge < -0.3 is 10.1 Å². The highest BCUT2D eigenvalue weighted by atomic mass is 79.9. The Morgan fingerprint density at radius 1 is 1.28 bits per heavy atom. The summed E-state index contributed by atoms with van der Waals surface area (Å²) in [6.45, 7) is 2.72. The lowest BCUT2D eigenvalue weighted by Crippen LogP contribution is -2.02. The molecule has 18 heavy (non-hydrogen) atoms. The lowest BCUT2D eigenvalue weighted by Gasteiger charge is -2.07. The predicted octanol–water partition coefficient (Wildman–Crippen LogP) is 3.17. The summed E-state index contributed by atoms with van der Waals surface area (Å²) in [7, 11) is 1.61. The van der Waals surface area contributed by atoms with E-state index < -0.39 is 0 Å². The zero-order valence-electron chi connectivity index (χ0n) is 10.3. The van der Waals surface area contributed by atoms with Crippen LogP contribution in [0.1, 0.15) is 11.1 Å². The fourth-order valence-electron chi connectivity index (χ4n) is 1.46. The van der Waals surface area contributed by atoms with Gasteiger partial charge in [0, 0.05) is 29.5 Å². The van der Waals surface area contributed by atoms with E-state index in [0.717, 1.165) is 21.4 Å². The monoisotopic (exact) mass is 307 g/mol. The van der Waals surface area contributed by atoms with Crippen molar-refractivity contribution in [1.82, 2.24) is 9.97 Å². The summed E-state index contributed by atoms with van der Waals surface area (Å²) in [4.78, 5) is 8.44. The van der Waals surface area contributed by atoms with Crippen LogP contribution >= 0.6 is 15.9 Å². The molecule has 0 aliphatic carbocycles. The summed E-state index contributed by atoms with van der Waals surface area (Å²) >= 11 is 3.43. The molecule has 0 radical (unpaired) electrons. The molecule has 2 heterocycles. The summed E-state index contributed by atoms with van der Waals surface area (Å²) in [5, 5.41) is 3.25. The number of hydrogen-bond donors (Lipinski definition) is 1. The molecular formula is C13H14BrN3O. The van der Waals surface area contributed by atoms with Crippen LogP contribution in [0.4, 0.5) is 5.82 Å². The fourth-order valence-corrected chi connectivity index (χ4v) is 1.68. The molecule has 2 aromatic heterocycles. The first-order valence-electron chi connectivity index (χ1n) is 5.54. The Balaban J connectivity index is 1.99. The van der Waals surface area contributed by atoms with E-state index in [1.54, 1.807) is 19.5 Å². The van der Waals surface area contributed by atoms with Crippen LogP contribution in [0.25, 0.3) is 0 Å². The number of pyridine rings is 2. The molecule has 0 aliphatic rings. The Kier molecular flexibility index (Phi) is 4.15. The van der Waals surface area contributed by atoms with Crippen molar-refractivity contribution < 1.29 is 4.74 Å². The van der Waals surface area contributed by atoms with Crippen LogP contribution in [-0.2, 0) is 6.54 Å². The number of aromatic nitrogens is 2. The first-order valence-corrected chi connectivity index (χ1v) is 6.33. The van der Waals surface area contributed by atoms with Crippen LogP contribution in [0.15, 0.2) is 35.1 Å². The Morgan fingerprint density at radius 3 is 2.72 bits per heavy atom. The van der Waals surface area contributed by atoms with Gasteiger partial charge in [-0.25, -0.2) is 9.97 Å². The van der Waals surface area contributed by atoms with Crippen LogP contribution in [-0.4, -0.2) is 17.1 Å². The molecule has 94 valence electrons. The number of hydrogen-bond acceptors (Lipinski definition) is 4. The maximum atomic E-state index is 5.01. The number of nitrogens with one attached hydrogen (secondary N) is 1. The number of methoxy groups -OCH3 is 1. The second-order valence-electron chi connectivity index (χ2n) is 3.88. The van der Waals surface area contributed by atoms with Crippen molar-refractivity contribution in [2.75, 3.05) is 12.4 Å². The molecule has 1 N–H and O–H groups in total. The van der Waals surface area contributed by atoms with Crippen LogP contribution < -0.4 is 10.1 Å². The molecule has 0 atom stereocenters. The number of ether oxygens (including phenoxy) is 1. The largest absolute Gasteiger partial charge is 0.481 e. The smallest absolute Gasteiger partial charge is 0.212 e. The summed E-state index contributed by atoms with van der Waals surface area (Å²) in [5.74, 6) is 1.47. The minimum atomic E-state index is 0.622. The van der Waals surface area contributed by atoms with Crippen LogP contribution in [0, 0.1) is 6.92 Å². The number of rotatable bonds is 4. The van der Waals surface area contributed by atoms with Gasteiger partial charge in [-0.1, -0.05) is 6.07 Å². The number of nitrogens with zero attached hydrogens (tertiary/aromatic N) is 2. The van der Waals surface area contributed by atoms with Gasteiger partial charge >= 0.3 is 0 Å². The fraction of sp³-hybridized carbons (Fsp3) is 0.231. The average molecular weight is 308 g/mol. The first kappa shape index (κ1) is 12.8. The molecule has 5 heteroatoms. The van der Waals surface area contributed by atoms with Gasteiger partial charge in [-0.3, -0.25) is 0 Å². The van der Waals surface area contributed by atoms with Crippen molar-refractivity contribution >= 4 is 21.7 Å². The molecule has 0 unspecified atom stereocenters. The van der Waals surface area contributed by atoms with E-state index in [-0.39, 0.29) is 0 Å². The normalized spacial score (nSPS) is 10.2. The van der Waals surface area contributed by atoms with Crippen LogP contribution in [0.3, 0.4) is 0 Å². The molecular weight excluding hydrogens is 294 g/mol. The number of halogens is 1. The molecule has 0 spiro atoms. The number of aryl methyl sites for hydroxylation is 1. The summed E-state index contributed by atoms with van der Waals surface area (Å²) in [6, 6.07) is 5.82. The topological polar surface area (TPSA) is 47.0 Å². The highest BCUT2D eigenvalue weighted by Crippen LogP contribution is 2.17. The van der Waals surface area contributed by atoms with E-state index in [4.69, 9.17) is 4.74 Å². The van der Waals surface area contributed by atoms with E-state index >= 15 is 0 Å². The molecule has 0 aromatic carbocycles. The highest BCUT2D eigenvalue weighted by molar-refractivity contribution is 9.10. The van der Waals surface area contributed by atoms with Gasteiger partial charge in [-0.05, 0) is 40.0 Å². The highest BCUT2D eigenvalue weighted by Gasteiger charge is 2.00. The van der Waals surface area contributed by atoms with Crippen molar-refractivity contribution in [1.29, 1.82) is 0 Å². The van der Waals surface area contributed by atoms with Gasteiger partial charge in [-0.2, -0.15) is 0 Å². The molecule has 0 amide bonds. The zero-order valence-corrected chi connectivity index (χ0v) is 11.9. The first-order chi connectivity index (χ1) is 8.69. The van der Waals surface area contributed by atoms with Gasteiger partial charge in [0.25, 0.3) is 0 Å².